The number of anilines is 2. The van der Waals surface area contributed by atoms with Crippen molar-refractivity contribution in [3.8, 4) is 0 Å². The van der Waals surface area contributed by atoms with E-state index in [9.17, 15) is 8.78 Å². The van der Waals surface area contributed by atoms with Gasteiger partial charge in [0, 0.05) is 33.2 Å². The minimum Gasteiger partial charge on any atom is -0.367 e. The van der Waals surface area contributed by atoms with Crippen LogP contribution in [0.2, 0.25) is 0 Å². The van der Waals surface area contributed by atoms with Crippen LogP contribution >= 0.6 is 0 Å². The van der Waals surface area contributed by atoms with E-state index in [0.717, 1.165) is 35.9 Å². The molecule has 25 heavy (non-hydrogen) atoms. The maximum Gasteiger partial charge on any atom is 0.182 e. The van der Waals surface area contributed by atoms with E-state index in [2.05, 4.69) is 20.0 Å². The highest BCUT2D eigenvalue weighted by molar-refractivity contribution is 5.86. The second-order valence-electron chi connectivity index (χ2n) is 6.10. The Morgan fingerprint density at radius 1 is 1.00 bits per heavy atom. The monoisotopic (exact) mass is 344 g/mol. The van der Waals surface area contributed by atoms with Crippen molar-refractivity contribution in [2.24, 2.45) is 7.05 Å². The number of rotatable bonds is 2. The van der Waals surface area contributed by atoms with Crippen LogP contribution in [0.5, 0.6) is 0 Å². The Kier molecular flexibility index (Phi) is 3.95. The molecule has 0 atom stereocenters. The quantitative estimate of drug-likeness (QED) is 0.714. The number of aryl methyl sites for hydroxylation is 1. The van der Waals surface area contributed by atoms with E-state index in [4.69, 9.17) is 0 Å². The summed E-state index contributed by atoms with van der Waals surface area (Å²) in [5, 5.41) is 5.14. The molecule has 0 saturated carbocycles. The zero-order chi connectivity index (χ0) is 17.4. The molecule has 8 heteroatoms. The standard InChI is InChI=1S/C17H18F2N6/c1-23-16-12(10-22-23)17(21-11-20-16)25-7-3-6-24(8-9-25)14-5-2-4-13(18)15(14)19/h2,4-5,10-11H,3,6-9H2,1H3. The third-order valence-corrected chi connectivity index (χ3v) is 4.58. The molecule has 3 aromatic rings. The molecule has 1 aliphatic heterocycles. The van der Waals surface area contributed by atoms with Crippen LogP contribution in [-0.2, 0) is 7.05 Å². The zero-order valence-electron chi connectivity index (χ0n) is 13.9. The van der Waals surface area contributed by atoms with Gasteiger partial charge in [0.1, 0.15) is 12.1 Å². The van der Waals surface area contributed by atoms with Crippen LogP contribution in [0.25, 0.3) is 11.0 Å². The largest absolute Gasteiger partial charge is 0.367 e. The minimum atomic E-state index is -0.813. The summed E-state index contributed by atoms with van der Waals surface area (Å²) in [6.45, 7) is 2.70. The Labute approximate surface area is 143 Å². The summed E-state index contributed by atoms with van der Waals surface area (Å²) in [4.78, 5) is 12.7. The Morgan fingerprint density at radius 3 is 2.68 bits per heavy atom. The van der Waals surface area contributed by atoms with Crippen LogP contribution < -0.4 is 9.80 Å². The molecule has 0 N–H and O–H groups in total. The average Bonchev–Trinajstić information content (AvgIpc) is 2.85. The van der Waals surface area contributed by atoms with Gasteiger partial charge in [-0.1, -0.05) is 6.07 Å². The fourth-order valence-corrected chi connectivity index (χ4v) is 3.31. The van der Waals surface area contributed by atoms with E-state index in [-0.39, 0.29) is 0 Å². The highest BCUT2D eigenvalue weighted by Gasteiger charge is 2.21. The Morgan fingerprint density at radius 2 is 1.80 bits per heavy atom. The van der Waals surface area contributed by atoms with Crippen molar-refractivity contribution < 1.29 is 8.78 Å². The Balaban J connectivity index is 1.60. The zero-order valence-corrected chi connectivity index (χ0v) is 13.9. The Bertz CT molecular complexity index is 909. The van der Waals surface area contributed by atoms with Gasteiger partial charge in [-0.05, 0) is 18.6 Å². The number of nitrogens with zero attached hydrogens (tertiary/aromatic N) is 6. The fraction of sp³-hybridized carbons (Fsp3) is 0.353. The lowest BCUT2D eigenvalue weighted by Crippen LogP contribution is -2.31. The summed E-state index contributed by atoms with van der Waals surface area (Å²) in [5.41, 5.74) is 1.10. The van der Waals surface area contributed by atoms with Crippen molar-refractivity contribution in [3.05, 3.63) is 42.4 Å². The molecule has 0 radical (unpaired) electrons. The summed E-state index contributed by atoms with van der Waals surface area (Å²) in [5.74, 6) is -0.765. The lowest BCUT2D eigenvalue weighted by Gasteiger charge is -2.24. The molecule has 0 spiro atoms. The molecular weight excluding hydrogens is 326 g/mol. The second kappa shape index (κ2) is 6.27. The molecular formula is C17H18F2N6. The predicted octanol–water partition coefficient (Wildman–Crippen LogP) is 2.36. The van der Waals surface area contributed by atoms with E-state index in [1.54, 1.807) is 23.0 Å². The van der Waals surface area contributed by atoms with Gasteiger partial charge in [-0.3, -0.25) is 4.68 Å². The third kappa shape index (κ3) is 2.77. The maximum absolute atomic E-state index is 14.1. The number of halogens is 2. The number of aromatic nitrogens is 4. The van der Waals surface area contributed by atoms with Crippen molar-refractivity contribution in [2.45, 2.75) is 6.42 Å². The SMILES string of the molecule is Cn1ncc2c(N3CCCN(c4cccc(F)c4F)CC3)ncnc21. The van der Waals surface area contributed by atoms with Crippen LogP contribution in [-0.4, -0.2) is 45.9 Å². The summed E-state index contributed by atoms with van der Waals surface area (Å²) < 4.78 is 29.3. The van der Waals surface area contributed by atoms with Crippen molar-refractivity contribution >= 4 is 22.5 Å². The number of benzene rings is 1. The summed E-state index contributed by atoms with van der Waals surface area (Å²) in [6.07, 6.45) is 4.12. The smallest absolute Gasteiger partial charge is 0.182 e. The van der Waals surface area contributed by atoms with Gasteiger partial charge in [0.15, 0.2) is 17.3 Å². The van der Waals surface area contributed by atoms with Gasteiger partial charge < -0.3 is 9.80 Å². The normalized spacial score (nSPS) is 15.6. The van der Waals surface area contributed by atoms with Crippen LogP contribution in [0.1, 0.15) is 6.42 Å². The first-order chi connectivity index (χ1) is 12.1. The predicted molar refractivity (Wildman–Crippen MR) is 91.7 cm³/mol. The van der Waals surface area contributed by atoms with Crippen LogP contribution in [0.3, 0.4) is 0 Å². The fourth-order valence-electron chi connectivity index (χ4n) is 3.31. The lowest BCUT2D eigenvalue weighted by molar-refractivity contribution is 0.506. The second-order valence-corrected chi connectivity index (χ2v) is 6.10. The van der Waals surface area contributed by atoms with Crippen molar-refractivity contribution in [1.82, 2.24) is 19.7 Å². The maximum atomic E-state index is 14.1. The van der Waals surface area contributed by atoms with Gasteiger partial charge >= 0.3 is 0 Å². The van der Waals surface area contributed by atoms with Gasteiger partial charge in [-0.25, -0.2) is 18.7 Å². The van der Waals surface area contributed by atoms with E-state index >= 15 is 0 Å². The van der Waals surface area contributed by atoms with E-state index < -0.39 is 11.6 Å². The molecule has 6 nitrogen and oxygen atoms in total. The van der Waals surface area contributed by atoms with Crippen LogP contribution in [0, 0.1) is 11.6 Å². The molecule has 0 unspecified atom stereocenters. The molecule has 1 aliphatic rings. The Hall–Kier alpha value is -2.77. The highest BCUT2D eigenvalue weighted by atomic mass is 19.2. The molecule has 1 fully saturated rings. The first kappa shape index (κ1) is 15.7. The van der Waals surface area contributed by atoms with Crippen molar-refractivity contribution in [3.63, 3.8) is 0 Å². The molecule has 0 bridgehead atoms. The third-order valence-electron chi connectivity index (χ3n) is 4.58. The molecule has 4 rings (SSSR count). The van der Waals surface area contributed by atoms with E-state index in [1.807, 2.05) is 11.9 Å². The highest BCUT2D eigenvalue weighted by Crippen LogP contribution is 2.26. The van der Waals surface area contributed by atoms with E-state index in [0.29, 0.717) is 25.3 Å². The molecule has 0 aliphatic carbocycles. The van der Waals surface area contributed by atoms with Crippen molar-refractivity contribution in [2.75, 3.05) is 36.0 Å². The van der Waals surface area contributed by atoms with Crippen LogP contribution in [0.4, 0.5) is 20.3 Å². The first-order valence-corrected chi connectivity index (χ1v) is 8.22. The number of hydrogen-bond donors (Lipinski definition) is 0. The topological polar surface area (TPSA) is 50.1 Å². The van der Waals surface area contributed by atoms with Gasteiger partial charge in [0.05, 0.1) is 17.3 Å². The molecule has 3 heterocycles. The first-order valence-electron chi connectivity index (χ1n) is 8.22. The van der Waals surface area contributed by atoms with Gasteiger partial charge in [0.25, 0.3) is 0 Å². The lowest BCUT2D eigenvalue weighted by atomic mass is 10.2. The summed E-state index contributed by atoms with van der Waals surface area (Å²) in [7, 11) is 1.84. The van der Waals surface area contributed by atoms with E-state index in [1.165, 1.54) is 6.33 Å². The van der Waals surface area contributed by atoms with Crippen LogP contribution in [0.15, 0.2) is 30.7 Å². The summed E-state index contributed by atoms with van der Waals surface area (Å²) in [6, 6.07) is 4.31. The molecule has 2 aromatic heterocycles. The molecule has 1 saturated heterocycles. The number of fused-ring (bicyclic) bond motifs is 1. The molecule has 0 amide bonds. The number of hydrogen-bond acceptors (Lipinski definition) is 5. The minimum absolute atomic E-state index is 0.316. The van der Waals surface area contributed by atoms with Gasteiger partial charge in [0.2, 0.25) is 0 Å². The van der Waals surface area contributed by atoms with Gasteiger partial charge in [-0.2, -0.15) is 5.10 Å². The van der Waals surface area contributed by atoms with Gasteiger partial charge in [-0.15, -0.1) is 0 Å². The summed E-state index contributed by atoms with van der Waals surface area (Å²) >= 11 is 0. The van der Waals surface area contributed by atoms with Crippen molar-refractivity contribution in [1.29, 1.82) is 0 Å². The average molecular weight is 344 g/mol. The molecule has 130 valence electrons. The molecule has 1 aromatic carbocycles.